The molecule has 1 unspecified atom stereocenters. The summed E-state index contributed by atoms with van der Waals surface area (Å²) in [7, 11) is 0. The number of hydrogen-bond donors (Lipinski definition) is 1. The van der Waals surface area contributed by atoms with Crippen LogP contribution >= 0.6 is 0 Å². The van der Waals surface area contributed by atoms with Crippen LogP contribution in [0.25, 0.3) is 0 Å². The summed E-state index contributed by atoms with van der Waals surface area (Å²) >= 11 is 0. The normalized spacial score (nSPS) is 12.2. The minimum Gasteiger partial charge on any atom is -0.491 e. The van der Waals surface area contributed by atoms with Gasteiger partial charge in [0.1, 0.15) is 18.5 Å². The Morgan fingerprint density at radius 3 is 2.39 bits per heavy atom. The van der Waals surface area contributed by atoms with Crippen LogP contribution in [-0.2, 0) is 0 Å². The topological polar surface area (TPSA) is 29.5 Å². The molecular formula is C16H18O2. The summed E-state index contributed by atoms with van der Waals surface area (Å²) in [6.07, 6.45) is -0.592. The summed E-state index contributed by atoms with van der Waals surface area (Å²) in [6, 6.07) is 15.7. The molecule has 2 aromatic rings. The zero-order valence-corrected chi connectivity index (χ0v) is 10.8. The predicted molar refractivity (Wildman–Crippen MR) is 72.8 cm³/mol. The van der Waals surface area contributed by atoms with E-state index in [1.165, 1.54) is 5.56 Å². The molecule has 0 saturated carbocycles. The molecule has 0 aliphatic heterocycles. The van der Waals surface area contributed by atoms with Crippen molar-refractivity contribution in [2.24, 2.45) is 0 Å². The SMILES string of the molecule is Cc1ccc(C(O)COc2cccc(C)c2)cc1. The fourth-order valence-electron chi connectivity index (χ4n) is 1.77. The number of hydrogen-bond acceptors (Lipinski definition) is 2. The van der Waals surface area contributed by atoms with Gasteiger partial charge in [-0.05, 0) is 37.1 Å². The van der Waals surface area contributed by atoms with Crippen molar-refractivity contribution in [2.45, 2.75) is 20.0 Å². The molecular weight excluding hydrogens is 224 g/mol. The summed E-state index contributed by atoms with van der Waals surface area (Å²) in [5, 5.41) is 10.0. The first kappa shape index (κ1) is 12.7. The van der Waals surface area contributed by atoms with Gasteiger partial charge in [0, 0.05) is 0 Å². The number of ether oxygens (including phenoxy) is 1. The van der Waals surface area contributed by atoms with Crippen molar-refractivity contribution in [1.82, 2.24) is 0 Å². The summed E-state index contributed by atoms with van der Waals surface area (Å²) in [4.78, 5) is 0. The van der Waals surface area contributed by atoms with Gasteiger partial charge in [-0.1, -0.05) is 42.0 Å². The van der Waals surface area contributed by atoms with E-state index in [0.29, 0.717) is 0 Å². The zero-order chi connectivity index (χ0) is 13.0. The van der Waals surface area contributed by atoms with Crippen molar-refractivity contribution in [2.75, 3.05) is 6.61 Å². The maximum absolute atomic E-state index is 10.0. The van der Waals surface area contributed by atoms with Crippen molar-refractivity contribution in [3.05, 3.63) is 65.2 Å². The van der Waals surface area contributed by atoms with Gasteiger partial charge in [-0.3, -0.25) is 0 Å². The Kier molecular flexibility index (Phi) is 4.00. The quantitative estimate of drug-likeness (QED) is 0.890. The van der Waals surface area contributed by atoms with E-state index in [4.69, 9.17) is 4.74 Å². The number of rotatable bonds is 4. The van der Waals surface area contributed by atoms with Gasteiger partial charge >= 0.3 is 0 Å². The molecule has 0 bridgehead atoms. The molecule has 2 heteroatoms. The van der Waals surface area contributed by atoms with Gasteiger partial charge in [0.15, 0.2) is 0 Å². The number of aryl methyl sites for hydroxylation is 2. The van der Waals surface area contributed by atoms with Crippen LogP contribution in [0.2, 0.25) is 0 Å². The lowest BCUT2D eigenvalue weighted by Crippen LogP contribution is -2.09. The van der Waals surface area contributed by atoms with E-state index in [2.05, 4.69) is 0 Å². The van der Waals surface area contributed by atoms with Gasteiger partial charge in [-0.2, -0.15) is 0 Å². The van der Waals surface area contributed by atoms with Crippen LogP contribution in [0.3, 0.4) is 0 Å². The van der Waals surface area contributed by atoms with Crippen molar-refractivity contribution in [3.63, 3.8) is 0 Å². The largest absolute Gasteiger partial charge is 0.491 e. The highest BCUT2D eigenvalue weighted by Gasteiger charge is 2.08. The molecule has 1 N–H and O–H groups in total. The smallest absolute Gasteiger partial charge is 0.119 e. The Morgan fingerprint density at radius 1 is 1.00 bits per heavy atom. The predicted octanol–water partition coefficient (Wildman–Crippen LogP) is 3.42. The molecule has 0 heterocycles. The van der Waals surface area contributed by atoms with E-state index < -0.39 is 6.10 Å². The third kappa shape index (κ3) is 3.34. The molecule has 0 saturated heterocycles. The molecule has 1 atom stereocenters. The van der Waals surface area contributed by atoms with E-state index in [0.717, 1.165) is 16.9 Å². The molecule has 0 spiro atoms. The van der Waals surface area contributed by atoms with E-state index in [1.807, 2.05) is 62.4 Å². The molecule has 94 valence electrons. The fraction of sp³-hybridized carbons (Fsp3) is 0.250. The van der Waals surface area contributed by atoms with Gasteiger partial charge in [0.2, 0.25) is 0 Å². The molecule has 0 aromatic heterocycles. The van der Waals surface area contributed by atoms with E-state index >= 15 is 0 Å². The number of aliphatic hydroxyl groups excluding tert-OH is 1. The first-order valence-electron chi connectivity index (χ1n) is 6.09. The molecule has 0 aliphatic carbocycles. The second-order valence-electron chi connectivity index (χ2n) is 4.55. The summed E-state index contributed by atoms with van der Waals surface area (Å²) in [5.41, 5.74) is 3.22. The van der Waals surface area contributed by atoms with Crippen LogP contribution in [-0.4, -0.2) is 11.7 Å². The zero-order valence-electron chi connectivity index (χ0n) is 10.8. The van der Waals surface area contributed by atoms with Crippen LogP contribution in [0, 0.1) is 13.8 Å². The molecule has 2 nitrogen and oxygen atoms in total. The van der Waals surface area contributed by atoms with Gasteiger partial charge < -0.3 is 9.84 Å². The third-order valence-corrected chi connectivity index (χ3v) is 2.86. The Morgan fingerprint density at radius 2 is 1.72 bits per heavy atom. The Hall–Kier alpha value is -1.80. The molecule has 0 amide bonds. The van der Waals surface area contributed by atoms with Crippen LogP contribution in [0.5, 0.6) is 5.75 Å². The maximum atomic E-state index is 10.0. The fourth-order valence-corrected chi connectivity index (χ4v) is 1.77. The highest BCUT2D eigenvalue weighted by atomic mass is 16.5. The minimum atomic E-state index is -0.592. The third-order valence-electron chi connectivity index (χ3n) is 2.86. The summed E-state index contributed by atoms with van der Waals surface area (Å²) in [6.45, 7) is 4.31. The van der Waals surface area contributed by atoms with Gasteiger partial charge in [0.25, 0.3) is 0 Å². The van der Waals surface area contributed by atoms with E-state index in [9.17, 15) is 5.11 Å². The van der Waals surface area contributed by atoms with E-state index in [-0.39, 0.29) is 6.61 Å². The van der Waals surface area contributed by atoms with Crippen LogP contribution in [0.1, 0.15) is 22.8 Å². The van der Waals surface area contributed by atoms with Crippen molar-refractivity contribution >= 4 is 0 Å². The Balaban J connectivity index is 1.96. The van der Waals surface area contributed by atoms with Crippen molar-refractivity contribution in [1.29, 1.82) is 0 Å². The average Bonchev–Trinajstić information content (AvgIpc) is 2.37. The van der Waals surface area contributed by atoms with Crippen molar-refractivity contribution < 1.29 is 9.84 Å². The van der Waals surface area contributed by atoms with E-state index in [1.54, 1.807) is 0 Å². The lowest BCUT2D eigenvalue weighted by molar-refractivity contribution is 0.108. The lowest BCUT2D eigenvalue weighted by atomic mass is 10.1. The lowest BCUT2D eigenvalue weighted by Gasteiger charge is -2.13. The van der Waals surface area contributed by atoms with Crippen LogP contribution in [0.15, 0.2) is 48.5 Å². The Labute approximate surface area is 108 Å². The van der Waals surface area contributed by atoms with Crippen molar-refractivity contribution in [3.8, 4) is 5.75 Å². The van der Waals surface area contributed by atoms with Crippen LogP contribution in [0.4, 0.5) is 0 Å². The molecule has 0 radical (unpaired) electrons. The molecule has 18 heavy (non-hydrogen) atoms. The summed E-state index contributed by atoms with van der Waals surface area (Å²) in [5.74, 6) is 0.793. The second kappa shape index (κ2) is 5.69. The van der Waals surface area contributed by atoms with Gasteiger partial charge in [0.05, 0.1) is 0 Å². The second-order valence-corrected chi connectivity index (χ2v) is 4.55. The highest BCUT2D eigenvalue weighted by Crippen LogP contribution is 2.17. The number of aliphatic hydroxyl groups is 1. The highest BCUT2D eigenvalue weighted by molar-refractivity contribution is 5.28. The first-order valence-corrected chi connectivity index (χ1v) is 6.09. The minimum absolute atomic E-state index is 0.270. The molecule has 0 aliphatic rings. The first-order chi connectivity index (χ1) is 8.65. The maximum Gasteiger partial charge on any atom is 0.119 e. The monoisotopic (exact) mass is 242 g/mol. The number of benzene rings is 2. The summed E-state index contributed by atoms with van der Waals surface area (Å²) < 4.78 is 5.58. The molecule has 0 fully saturated rings. The average molecular weight is 242 g/mol. The molecule has 2 aromatic carbocycles. The van der Waals surface area contributed by atoms with Crippen LogP contribution < -0.4 is 4.74 Å². The standard InChI is InChI=1S/C16H18O2/c1-12-6-8-14(9-7-12)16(17)11-18-15-5-3-4-13(2)10-15/h3-10,16-17H,11H2,1-2H3. The van der Waals surface area contributed by atoms with Gasteiger partial charge in [-0.25, -0.2) is 0 Å². The van der Waals surface area contributed by atoms with Gasteiger partial charge in [-0.15, -0.1) is 0 Å². The Bertz CT molecular complexity index is 503. The molecule has 2 rings (SSSR count).